The molecule has 2 bridgehead atoms. The van der Waals surface area contributed by atoms with Crippen molar-refractivity contribution < 1.29 is 4.79 Å². The first kappa shape index (κ1) is 21.7. The van der Waals surface area contributed by atoms with Crippen LogP contribution in [0.5, 0.6) is 0 Å². The molecule has 0 radical (unpaired) electrons. The van der Waals surface area contributed by atoms with Crippen molar-refractivity contribution in [3.8, 4) is 0 Å². The van der Waals surface area contributed by atoms with E-state index in [1.807, 2.05) is 15.5 Å². The maximum Gasteiger partial charge on any atom is 0.250 e. The SMILES string of the molecule is CC(C)C(=O)N[C@@H](NC(=S)N1C[C@@H]2C[C@H](C1)c1cccc(=O)n1C2)C(Cl)(Cl)Cl. The molecule has 10 heteroatoms. The van der Waals surface area contributed by atoms with Crippen LogP contribution in [-0.4, -0.2) is 43.5 Å². The van der Waals surface area contributed by atoms with Gasteiger partial charge in [-0.25, -0.2) is 0 Å². The highest BCUT2D eigenvalue weighted by Crippen LogP contribution is 2.35. The van der Waals surface area contributed by atoms with Crippen molar-refractivity contribution in [2.24, 2.45) is 11.8 Å². The van der Waals surface area contributed by atoms with E-state index in [9.17, 15) is 9.59 Å². The molecule has 2 N–H and O–H groups in total. The Balaban J connectivity index is 1.73. The predicted octanol–water partition coefficient (Wildman–Crippen LogP) is 2.61. The average molecular weight is 466 g/mol. The Bertz CT molecular complexity index is 824. The Morgan fingerprint density at radius 1 is 1.21 bits per heavy atom. The maximum absolute atomic E-state index is 12.2. The minimum absolute atomic E-state index is 0.0361. The second-order valence-electron chi connectivity index (χ2n) is 7.69. The molecule has 2 aliphatic heterocycles. The minimum atomic E-state index is -1.76. The van der Waals surface area contributed by atoms with E-state index in [-0.39, 0.29) is 23.3 Å². The standard InChI is InChI=1S/C18H23Cl3N4O2S/c1-10(2)15(27)22-16(18(19,20)21)23-17(28)24-7-11-6-12(9-24)13-4-3-5-14(26)25(13)8-11/h3-5,10-12,16H,6-9H2,1-2H3,(H,22,27)(H,23,28)/t11-,12+,16-/m0/s1. The summed E-state index contributed by atoms with van der Waals surface area (Å²) in [6.45, 7) is 5.55. The monoisotopic (exact) mass is 464 g/mol. The van der Waals surface area contributed by atoms with Gasteiger partial charge in [-0.2, -0.15) is 0 Å². The third-order valence-corrected chi connectivity index (χ3v) is 6.20. The molecule has 3 heterocycles. The fourth-order valence-corrected chi connectivity index (χ4v) is 4.38. The molecule has 1 saturated heterocycles. The summed E-state index contributed by atoms with van der Waals surface area (Å²) in [6, 6.07) is 5.39. The molecule has 0 aromatic carbocycles. The van der Waals surface area contributed by atoms with Gasteiger partial charge in [0.25, 0.3) is 5.56 Å². The first-order valence-corrected chi connectivity index (χ1v) is 10.7. The number of thiocarbonyl (C=S) groups is 1. The second-order valence-corrected chi connectivity index (χ2v) is 10.4. The Morgan fingerprint density at radius 2 is 1.93 bits per heavy atom. The van der Waals surface area contributed by atoms with Crippen LogP contribution in [0, 0.1) is 11.8 Å². The van der Waals surface area contributed by atoms with E-state index >= 15 is 0 Å². The normalized spacial score (nSPS) is 22.4. The highest BCUT2D eigenvalue weighted by atomic mass is 35.6. The fourth-order valence-electron chi connectivity index (χ4n) is 3.79. The van der Waals surface area contributed by atoms with Crippen LogP contribution in [0.2, 0.25) is 0 Å². The molecule has 0 unspecified atom stereocenters. The van der Waals surface area contributed by atoms with E-state index in [1.165, 1.54) is 0 Å². The van der Waals surface area contributed by atoms with Gasteiger partial charge in [0.15, 0.2) is 5.11 Å². The molecular formula is C18H23Cl3N4O2S. The highest BCUT2D eigenvalue weighted by molar-refractivity contribution is 7.80. The molecular weight excluding hydrogens is 443 g/mol. The van der Waals surface area contributed by atoms with Crippen molar-refractivity contribution >= 4 is 58.0 Å². The number of piperidine rings is 1. The number of hydrogen-bond acceptors (Lipinski definition) is 3. The van der Waals surface area contributed by atoms with Gasteiger partial charge in [0.2, 0.25) is 9.70 Å². The van der Waals surface area contributed by atoms with Crippen LogP contribution in [0.1, 0.15) is 31.9 Å². The summed E-state index contributed by atoms with van der Waals surface area (Å²) in [5.41, 5.74) is 1.07. The zero-order valence-electron chi connectivity index (χ0n) is 15.6. The average Bonchev–Trinajstić information content (AvgIpc) is 2.61. The lowest BCUT2D eigenvalue weighted by atomic mass is 9.83. The second kappa shape index (κ2) is 8.38. The summed E-state index contributed by atoms with van der Waals surface area (Å²) in [6.07, 6.45) is 0.0668. The lowest BCUT2D eigenvalue weighted by molar-refractivity contribution is -0.124. The van der Waals surface area contributed by atoms with Crippen molar-refractivity contribution in [2.75, 3.05) is 13.1 Å². The molecule has 0 aliphatic carbocycles. The zero-order chi connectivity index (χ0) is 20.6. The molecule has 0 saturated carbocycles. The van der Waals surface area contributed by atoms with Gasteiger partial charge >= 0.3 is 0 Å². The van der Waals surface area contributed by atoms with E-state index < -0.39 is 9.96 Å². The van der Waals surface area contributed by atoms with E-state index in [2.05, 4.69) is 10.6 Å². The summed E-state index contributed by atoms with van der Waals surface area (Å²) >= 11 is 23.7. The molecule has 2 aliphatic rings. The van der Waals surface area contributed by atoms with Gasteiger partial charge < -0.3 is 20.1 Å². The smallest absolute Gasteiger partial charge is 0.250 e. The van der Waals surface area contributed by atoms with Gasteiger partial charge in [0.1, 0.15) is 6.17 Å². The molecule has 6 nitrogen and oxygen atoms in total. The molecule has 3 rings (SSSR count). The van der Waals surface area contributed by atoms with Gasteiger partial charge in [-0.3, -0.25) is 9.59 Å². The van der Waals surface area contributed by atoms with Gasteiger partial charge in [-0.05, 0) is 30.6 Å². The van der Waals surface area contributed by atoms with Crippen molar-refractivity contribution in [1.82, 2.24) is 20.1 Å². The Morgan fingerprint density at radius 3 is 2.57 bits per heavy atom. The van der Waals surface area contributed by atoms with Crippen molar-refractivity contribution in [1.29, 1.82) is 0 Å². The Kier molecular flexibility index (Phi) is 6.49. The number of fused-ring (bicyclic) bond motifs is 4. The van der Waals surface area contributed by atoms with Gasteiger partial charge in [-0.15, -0.1) is 0 Å². The number of alkyl halides is 3. The number of pyridine rings is 1. The van der Waals surface area contributed by atoms with E-state index in [0.29, 0.717) is 30.7 Å². The third kappa shape index (κ3) is 4.75. The maximum atomic E-state index is 12.2. The molecule has 1 aromatic rings. The van der Waals surface area contributed by atoms with Gasteiger partial charge in [0, 0.05) is 43.2 Å². The fraction of sp³-hybridized carbons (Fsp3) is 0.611. The minimum Gasteiger partial charge on any atom is -0.348 e. The van der Waals surface area contributed by atoms with E-state index in [0.717, 1.165) is 12.1 Å². The topological polar surface area (TPSA) is 66.4 Å². The number of likely N-dealkylation sites (tertiary alicyclic amines) is 1. The number of nitrogens with zero attached hydrogens (tertiary/aromatic N) is 2. The summed E-state index contributed by atoms with van der Waals surface area (Å²) in [4.78, 5) is 26.2. The summed E-state index contributed by atoms with van der Waals surface area (Å²) in [5, 5.41) is 6.11. The summed E-state index contributed by atoms with van der Waals surface area (Å²) < 4.78 is 0.0970. The van der Waals surface area contributed by atoms with Crippen LogP contribution in [0.25, 0.3) is 0 Å². The number of rotatable bonds is 3. The number of nitrogens with one attached hydrogen (secondary N) is 2. The van der Waals surface area contributed by atoms with Crippen molar-refractivity contribution in [2.45, 2.75) is 42.7 Å². The summed E-state index contributed by atoms with van der Waals surface area (Å²) in [5.74, 6) is 0.0185. The Hall–Kier alpha value is -1.02. The zero-order valence-corrected chi connectivity index (χ0v) is 18.7. The molecule has 0 spiro atoms. The number of carbonyl (C=O) groups is 1. The van der Waals surface area contributed by atoms with Crippen molar-refractivity contribution in [3.63, 3.8) is 0 Å². The van der Waals surface area contributed by atoms with Gasteiger partial charge in [-0.1, -0.05) is 54.7 Å². The largest absolute Gasteiger partial charge is 0.348 e. The molecule has 154 valence electrons. The molecule has 1 fully saturated rings. The first-order chi connectivity index (χ1) is 13.1. The van der Waals surface area contributed by atoms with Crippen LogP contribution in [0.15, 0.2) is 23.0 Å². The molecule has 1 aromatic heterocycles. The number of halogens is 3. The first-order valence-electron chi connectivity index (χ1n) is 9.18. The molecule has 3 atom stereocenters. The van der Waals surface area contributed by atoms with Crippen LogP contribution < -0.4 is 16.2 Å². The molecule has 1 amide bonds. The highest BCUT2D eigenvalue weighted by Gasteiger charge is 2.39. The summed E-state index contributed by atoms with van der Waals surface area (Å²) in [7, 11) is 0. The lowest BCUT2D eigenvalue weighted by Gasteiger charge is -2.44. The van der Waals surface area contributed by atoms with Crippen LogP contribution in [0.3, 0.4) is 0 Å². The van der Waals surface area contributed by atoms with Crippen LogP contribution >= 0.6 is 47.0 Å². The van der Waals surface area contributed by atoms with Crippen LogP contribution in [0.4, 0.5) is 0 Å². The quantitative estimate of drug-likeness (QED) is 0.408. The van der Waals surface area contributed by atoms with Crippen LogP contribution in [-0.2, 0) is 11.3 Å². The Labute approximate surface area is 184 Å². The van der Waals surface area contributed by atoms with Crippen molar-refractivity contribution in [3.05, 3.63) is 34.2 Å². The number of amides is 1. The molecule has 28 heavy (non-hydrogen) atoms. The van der Waals surface area contributed by atoms with Gasteiger partial charge in [0.05, 0.1) is 0 Å². The van der Waals surface area contributed by atoms with E-state index in [4.69, 9.17) is 47.0 Å². The number of hydrogen-bond donors (Lipinski definition) is 2. The lowest BCUT2D eigenvalue weighted by Crippen LogP contribution is -2.60. The number of carbonyl (C=O) groups excluding carboxylic acids is 1. The third-order valence-electron chi connectivity index (χ3n) is 5.17. The predicted molar refractivity (Wildman–Crippen MR) is 116 cm³/mol. The van der Waals surface area contributed by atoms with E-state index in [1.54, 1.807) is 26.0 Å². The number of aromatic nitrogens is 1.